The van der Waals surface area contributed by atoms with Gasteiger partial charge in [0.05, 0.1) is 12.0 Å². The number of hydrogen-bond acceptors (Lipinski definition) is 3. The molecule has 2 aliphatic rings. The standard InChI is InChI=1S/C12H22N2O2/c1-2-11-9(4-6-16-11)8-14-12(15)10-3-5-13-7-10/h9-11,13H,2-8H2,1H3,(H,14,15). The first-order valence-corrected chi connectivity index (χ1v) is 6.41. The van der Waals surface area contributed by atoms with Crippen molar-refractivity contribution < 1.29 is 9.53 Å². The lowest BCUT2D eigenvalue weighted by Gasteiger charge is -2.18. The molecule has 2 aliphatic heterocycles. The molecule has 92 valence electrons. The summed E-state index contributed by atoms with van der Waals surface area (Å²) in [5, 5.41) is 6.29. The van der Waals surface area contributed by atoms with Crippen molar-refractivity contribution in [1.82, 2.24) is 10.6 Å². The van der Waals surface area contributed by atoms with Crippen LogP contribution in [0.15, 0.2) is 0 Å². The number of amides is 1. The molecular weight excluding hydrogens is 204 g/mol. The molecule has 1 amide bonds. The van der Waals surface area contributed by atoms with Crippen molar-refractivity contribution >= 4 is 5.91 Å². The minimum Gasteiger partial charge on any atom is -0.378 e. The van der Waals surface area contributed by atoms with Gasteiger partial charge in [-0.15, -0.1) is 0 Å². The number of nitrogens with one attached hydrogen (secondary N) is 2. The van der Waals surface area contributed by atoms with Crippen LogP contribution in [0.2, 0.25) is 0 Å². The number of hydrogen-bond donors (Lipinski definition) is 2. The normalized spacial score (nSPS) is 34.2. The van der Waals surface area contributed by atoms with Gasteiger partial charge in [-0.1, -0.05) is 6.92 Å². The fourth-order valence-electron chi connectivity index (χ4n) is 2.63. The Morgan fingerprint density at radius 1 is 1.50 bits per heavy atom. The van der Waals surface area contributed by atoms with Gasteiger partial charge in [0.25, 0.3) is 0 Å². The van der Waals surface area contributed by atoms with Crippen LogP contribution in [0.4, 0.5) is 0 Å². The molecule has 0 aromatic heterocycles. The van der Waals surface area contributed by atoms with Crippen molar-refractivity contribution in [1.29, 1.82) is 0 Å². The second-order valence-electron chi connectivity index (χ2n) is 4.80. The number of ether oxygens (including phenoxy) is 1. The van der Waals surface area contributed by atoms with E-state index in [1.54, 1.807) is 0 Å². The Kier molecular flexibility index (Phi) is 4.18. The van der Waals surface area contributed by atoms with Gasteiger partial charge in [0, 0.05) is 25.6 Å². The Labute approximate surface area is 97.1 Å². The maximum Gasteiger partial charge on any atom is 0.224 e. The predicted molar refractivity (Wildman–Crippen MR) is 62.1 cm³/mol. The van der Waals surface area contributed by atoms with Gasteiger partial charge in [-0.3, -0.25) is 4.79 Å². The summed E-state index contributed by atoms with van der Waals surface area (Å²) >= 11 is 0. The molecule has 3 atom stereocenters. The zero-order valence-electron chi connectivity index (χ0n) is 10.00. The molecule has 16 heavy (non-hydrogen) atoms. The molecule has 2 heterocycles. The Morgan fingerprint density at radius 2 is 2.38 bits per heavy atom. The molecule has 0 radical (unpaired) electrons. The van der Waals surface area contributed by atoms with E-state index in [1.165, 1.54) is 0 Å². The van der Waals surface area contributed by atoms with E-state index in [0.29, 0.717) is 12.0 Å². The van der Waals surface area contributed by atoms with Crippen LogP contribution in [-0.4, -0.2) is 38.3 Å². The molecule has 0 aromatic rings. The first-order valence-electron chi connectivity index (χ1n) is 6.41. The summed E-state index contributed by atoms with van der Waals surface area (Å²) in [4.78, 5) is 11.8. The fourth-order valence-corrected chi connectivity index (χ4v) is 2.63. The van der Waals surface area contributed by atoms with E-state index < -0.39 is 0 Å². The molecule has 2 N–H and O–H groups in total. The summed E-state index contributed by atoms with van der Waals surface area (Å²) in [5.74, 6) is 0.914. The lowest BCUT2D eigenvalue weighted by molar-refractivity contribution is -0.124. The summed E-state index contributed by atoms with van der Waals surface area (Å²) in [6.45, 7) is 5.59. The van der Waals surface area contributed by atoms with E-state index in [2.05, 4.69) is 17.6 Å². The maximum atomic E-state index is 11.8. The SMILES string of the molecule is CCC1OCCC1CNC(=O)C1CCNC1. The van der Waals surface area contributed by atoms with Gasteiger partial charge in [0.1, 0.15) is 0 Å². The molecule has 3 unspecified atom stereocenters. The zero-order chi connectivity index (χ0) is 11.4. The molecule has 2 rings (SSSR count). The van der Waals surface area contributed by atoms with Gasteiger partial charge in [-0.05, 0) is 25.8 Å². The van der Waals surface area contributed by atoms with E-state index >= 15 is 0 Å². The highest BCUT2D eigenvalue weighted by Crippen LogP contribution is 2.22. The molecule has 2 fully saturated rings. The average molecular weight is 226 g/mol. The summed E-state index contributed by atoms with van der Waals surface area (Å²) in [6.07, 6.45) is 3.46. The minimum atomic E-state index is 0.183. The molecule has 0 saturated carbocycles. The second-order valence-corrected chi connectivity index (χ2v) is 4.80. The van der Waals surface area contributed by atoms with E-state index in [9.17, 15) is 4.79 Å². The van der Waals surface area contributed by atoms with Gasteiger partial charge in [0.2, 0.25) is 5.91 Å². The lowest BCUT2D eigenvalue weighted by Crippen LogP contribution is -2.37. The third-order valence-corrected chi connectivity index (χ3v) is 3.72. The fraction of sp³-hybridized carbons (Fsp3) is 0.917. The largest absolute Gasteiger partial charge is 0.378 e. The molecule has 0 aromatic carbocycles. The molecule has 0 aliphatic carbocycles. The summed E-state index contributed by atoms with van der Waals surface area (Å²) in [5.41, 5.74) is 0. The van der Waals surface area contributed by atoms with Crippen molar-refractivity contribution in [3.63, 3.8) is 0 Å². The van der Waals surface area contributed by atoms with Crippen LogP contribution in [0.3, 0.4) is 0 Å². The van der Waals surface area contributed by atoms with Gasteiger partial charge in [-0.2, -0.15) is 0 Å². The number of rotatable bonds is 4. The quantitative estimate of drug-likeness (QED) is 0.735. The zero-order valence-corrected chi connectivity index (χ0v) is 10.00. The van der Waals surface area contributed by atoms with E-state index in [1.807, 2.05) is 0 Å². The Bertz CT molecular complexity index is 239. The molecule has 4 heteroatoms. The lowest BCUT2D eigenvalue weighted by atomic mass is 9.99. The minimum absolute atomic E-state index is 0.183. The van der Waals surface area contributed by atoms with Crippen LogP contribution in [0.25, 0.3) is 0 Å². The van der Waals surface area contributed by atoms with Gasteiger partial charge in [0.15, 0.2) is 0 Å². The molecule has 0 bridgehead atoms. The van der Waals surface area contributed by atoms with Crippen molar-refractivity contribution in [3.8, 4) is 0 Å². The summed E-state index contributed by atoms with van der Waals surface area (Å²) in [6, 6.07) is 0. The van der Waals surface area contributed by atoms with Crippen LogP contribution in [0, 0.1) is 11.8 Å². The highest BCUT2D eigenvalue weighted by molar-refractivity contribution is 5.79. The first-order chi connectivity index (χ1) is 7.81. The van der Waals surface area contributed by atoms with Crippen molar-refractivity contribution in [3.05, 3.63) is 0 Å². The monoisotopic (exact) mass is 226 g/mol. The van der Waals surface area contributed by atoms with Crippen LogP contribution >= 0.6 is 0 Å². The van der Waals surface area contributed by atoms with Crippen molar-refractivity contribution in [2.75, 3.05) is 26.2 Å². The molecule has 0 spiro atoms. The highest BCUT2D eigenvalue weighted by Gasteiger charge is 2.28. The van der Waals surface area contributed by atoms with E-state index in [4.69, 9.17) is 4.74 Å². The van der Waals surface area contributed by atoms with Crippen molar-refractivity contribution in [2.45, 2.75) is 32.3 Å². The third kappa shape index (κ3) is 2.74. The van der Waals surface area contributed by atoms with Crippen LogP contribution in [-0.2, 0) is 9.53 Å². The third-order valence-electron chi connectivity index (χ3n) is 3.72. The predicted octanol–water partition coefficient (Wildman–Crippen LogP) is 0.527. The summed E-state index contributed by atoms with van der Waals surface area (Å²) < 4.78 is 5.61. The van der Waals surface area contributed by atoms with Crippen LogP contribution in [0.5, 0.6) is 0 Å². The van der Waals surface area contributed by atoms with Gasteiger partial charge in [-0.25, -0.2) is 0 Å². The van der Waals surface area contributed by atoms with E-state index in [-0.39, 0.29) is 11.8 Å². The topological polar surface area (TPSA) is 50.4 Å². The van der Waals surface area contributed by atoms with Crippen LogP contribution < -0.4 is 10.6 Å². The summed E-state index contributed by atoms with van der Waals surface area (Å²) in [7, 11) is 0. The van der Waals surface area contributed by atoms with Crippen molar-refractivity contribution in [2.24, 2.45) is 11.8 Å². The van der Waals surface area contributed by atoms with Gasteiger partial charge < -0.3 is 15.4 Å². The molecular formula is C12H22N2O2. The van der Waals surface area contributed by atoms with Gasteiger partial charge >= 0.3 is 0 Å². The number of carbonyl (C=O) groups excluding carboxylic acids is 1. The Morgan fingerprint density at radius 3 is 3.06 bits per heavy atom. The second kappa shape index (κ2) is 5.64. The number of carbonyl (C=O) groups is 1. The molecule has 2 saturated heterocycles. The smallest absolute Gasteiger partial charge is 0.224 e. The first kappa shape index (κ1) is 11.9. The maximum absolute atomic E-state index is 11.8. The van der Waals surface area contributed by atoms with Crippen LogP contribution in [0.1, 0.15) is 26.2 Å². The Hall–Kier alpha value is -0.610. The van der Waals surface area contributed by atoms with E-state index in [0.717, 1.165) is 45.5 Å². The molecule has 4 nitrogen and oxygen atoms in total. The average Bonchev–Trinajstić information content (AvgIpc) is 2.96. The Balaban J connectivity index is 1.71. The highest BCUT2D eigenvalue weighted by atomic mass is 16.5.